The largest absolute Gasteiger partial charge is 0.484 e. The number of halogens is 1. The van der Waals surface area contributed by atoms with Crippen molar-refractivity contribution in [2.75, 3.05) is 17.2 Å². The molecule has 0 aromatic heterocycles. The number of benzene rings is 2. The molecule has 2 rings (SSSR count). The summed E-state index contributed by atoms with van der Waals surface area (Å²) in [6, 6.07) is 10.6. The summed E-state index contributed by atoms with van der Waals surface area (Å²) in [5, 5.41) is 6.19. The molecule has 2 amide bonds. The Labute approximate surface area is 152 Å². The van der Waals surface area contributed by atoms with Crippen molar-refractivity contribution in [1.29, 1.82) is 0 Å². The van der Waals surface area contributed by atoms with Gasteiger partial charge in [0, 0.05) is 22.8 Å². The van der Waals surface area contributed by atoms with Crippen LogP contribution < -0.4 is 15.4 Å². The van der Waals surface area contributed by atoms with Crippen molar-refractivity contribution in [2.24, 2.45) is 0 Å². The second-order valence-electron chi connectivity index (χ2n) is 5.69. The van der Waals surface area contributed by atoms with Gasteiger partial charge in [-0.05, 0) is 55.3 Å². The minimum absolute atomic E-state index is 0.0831. The molecule has 2 N–H and O–H groups in total. The van der Waals surface area contributed by atoms with Crippen LogP contribution in [0.5, 0.6) is 5.75 Å². The molecule has 132 valence electrons. The fourth-order valence-corrected chi connectivity index (χ4v) is 2.37. The van der Waals surface area contributed by atoms with Gasteiger partial charge in [0.1, 0.15) is 5.75 Å². The fraction of sp³-hybridized carbons (Fsp3) is 0.263. The molecule has 25 heavy (non-hydrogen) atoms. The maximum atomic E-state index is 12.1. The van der Waals surface area contributed by atoms with Gasteiger partial charge in [0.05, 0.1) is 0 Å². The summed E-state index contributed by atoms with van der Waals surface area (Å²) in [5.41, 5.74) is 3.02. The molecule has 0 aliphatic heterocycles. The summed E-state index contributed by atoms with van der Waals surface area (Å²) in [6.45, 7) is 5.43. The Hall–Kier alpha value is -2.53. The standard InChI is InChI=1S/C19H21ClN2O3/c1-4-17(23)21-14-6-5-7-15(10-14)22-18(24)11-25-16-8-12(2)19(20)13(3)9-16/h5-10H,4,11H2,1-3H3,(H,21,23)(H,22,24). The van der Waals surface area contributed by atoms with Gasteiger partial charge in [-0.25, -0.2) is 0 Å². The molecule has 0 aliphatic rings. The van der Waals surface area contributed by atoms with Crippen LogP contribution >= 0.6 is 11.6 Å². The van der Waals surface area contributed by atoms with E-state index in [9.17, 15) is 9.59 Å². The van der Waals surface area contributed by atoms with Gasteiger partial charge in [-0.2, -0.15) is 0 Å². The van der Waals surface area contributed by atoms with E-state index in [0.717, 1.165) is 11.1 Å². The van der Waals surface area contributed by atoms with Crippen LogP contribution in [-0.2, 0) is 9.59 Å². The summed E-state index contributed by atoms with van der Waals surface area (Å²) >= 11 is 6.12. The summed E-state index contributed by atoms with van der Waals surface area (Å²) in [6.07, 6.45) is 0.393. The maximum absolute atomic E-state index is 12.1. The zero-order valence-corrected chi connectivity index (χ0v) is 15.2. The monoisotopic (exact) mass is 360 g/mol. The predicted octanol–water partition coefficient (Wildman–Crippen LogP) is 4.32. The van der Waals surface area contributed by atoms with E-state index < -0.39 is 0 Å². The highest BCUT2D eigenvalue weighted by Gasteiger charge is 2.08. The average Bonchev–Trinajstić information content (AvgIpc) is 2.58. The zero-order chi connectivity index (χ0) is 18.4. The minimum atomic E-state index is -0.288. The number of hydrogen-bond acceptors (Lipinski definition) is 3. The second kappa shape index (κ2) is 8.53. The summed E-state index contributed by atoms with van der Waals surface area (Å²) in [4.78, 5) is 23.5. The van der Waals surface area contributed by atoms with Crippen molar-refractivity contribution in [1.82, 2.24) is 0 Å². The normalized spacial score (nSPS) is 10.2. The Morgan fingerprint density at radius 1 is 1.00 bits per heavy atom. The van der Waals surface area contributed by atoms with Crippen molar-refractivity contribution < 1.29 is 14.3 Å². The number of hydrogen-bond donors (Lipinski definition) is 2. The summed E-state index contributed by atoms with van der Waals surface area (Å²) in [7, 11) is 0. The van der Waals surface area contributed by atoms with Crippen LogP contribution in [0.1, 0.15) is 24.5 Å². The van der Waals surface area contributed by atoms with Crippen LogP contribution in [0.4, 0.5) is 11.4 Å². The molecular formula is C19H21ClN2O3. The van der Waals surface area contributed by atoms with Gasteiger partial charge in [0.25, 0.3) is 5.91 Å². The number of anilines is 2. The lowest BCUT2D eigenvalue weighted by Crippen LogP contribution is -2.20. The van der Waals surface area contributed by atoms with E-state index in [1.54, 1.807) is 43.3 Å². The first-order valence-corrected chi connectivity index (χ1v) is 8.36. The Kier molecular flexibility index (Phi) is 6.42. The average molecular weight is 361 g/mol. The Morgan fingerprint density at radius 3 is 2.12 bits per heavy atom. The maximum Gasteiger partial charge on any atom is 0.262 e. The topological polar surface area (TPSA) is 67.4 Å². The lowest BCUT2D eigenvalue weighted by atomic mass is 10.1. The minimum Gasteiger partial charge on any atom is -0.484 e. The van der Waals surface area contributed by atoms with Gasteiger partial charge in [-0.3, -0.25) is 9.59 Å². The van der Waals surface area contributed by atoms with Crippen LogP contribution in [0.15, 0.2) is 36.4 Å². The highest BCUT2D eigenvalue weighted by molar-refractivity contribution is 6.32. The molecule has 0 saturated heterocycles. The molecule has 0 atom stereocenters. The molecule has 6 heteroatoms. The number of aryl methyl sites for hydroxylation is 2. The van der Waals surface area contributed by atoms with Gasteiger partial charge < -0.3 is 15.4 Å². The number of rotatable bonds is 6. The van der Waals surface area contributed by atoms with Gasteiger partial charge in [-0.15, -0.1) is 0 Å². The molecule has 2 aromatic carbocycles. The molecule has 0 heterocycles. The lowest BCUT2D eigenvalue weighted by Gasteiger charge is -2.11. The summed E-state index contributed by atoms with van der Waals surface area (Å²) in [5.74, 6) is 0.225. The van der Waals surface area contributed by atoms with E-state index >= 15 is 0 Å². The van der Waals surface area contributed by atoms with Crippen LogP contribution in [0.25, 0.3) is 0 Å². The Bertz CT molecular complexity index is 767. The predicted molar refractivity (Wildman–Crippen MR) is 100 cm³/mol. The van der Waals surface area contributed by atoms with Gasteiger partial charge in [0.2, 0.25) is 5.91 Å². The van der Waals surface area contributed by atoms with E-state index in [1.165, 1.54) is 0 Å². The highest BCUT2D eigenvalue weighted by atomic mass is 35.5. The van der Waals surface area contributed by atoms with Crippen molar-refractivity contribution >= 4 is 34.8 Å². The number of carbonyl (C=O) groups excluding carboxylic acids is 2. The zero-order valence-electron chi connectivity index (χ0n) is 14.5. The van der Waals surface area contributed by atoms with Crippen LogP contribution in [0.3, 0.4) is 0 Å². The molecule has 0 aliphatic carbocycles. The quantitative estimate of drug-likeness (QED) is 0.806. The third kappa shape index (κ3) is 5.50. The first kappa shape index (κ1) is 18.8. The van der Waals surface area contributed by atoms with Crippen LogP contribution in [0, 0.1) is 13.8 Å². The number of ether oxygens (including phenoxy) is 1. The molecule has 0 saturated carbocycles. The Morgan fingerprint density at radius 2 is 1.56 bits per heavy atom. The number of carbonyl (C=O) groups is 2. The Balaban J connectivity index is 1.94. The van der Waals surface area contributed by atoms with E-state index in [2.05, 4.69) is 10.6 Å². The summed E-state index contributed by atoms with van der Waals surface area (Å²) < 4.78 is 5.53. The fourth-order valence-electron chi connectivity index (χ4n) is 2.26. The van der Waals surface area contributed by atoms with E-state index in [4.69, 9.17) is 16.3 Å². The third-order valence-electron chi connectivity index (χ3n) is 3.53. The number of nitrogens with one attached hydrogen (secondary N) is 2. The van der Waals surface area contributed by atoms with Gasteiger partial charge in [0.15, 0.2) is 6.61 Å². The highest BCUT2D eigenvalue weighted by Crippen LogP contribution is 2.25. The molecule has 0 spiro atoms. The molecule has 2 aromatic rings. The first-order valence-electron chi connectivity index (χ1n) is 7.98. The molecular weight excluding hydrogens is 340 g/mol. The van der Waals surface area contributed by atoms with Gasteiger partial charge in [-0.1, -0.05) is 24.6 Å². The molecule has 0 radical (unpaired) electrons. The van der Waals surface area contributed by atoms with Crippen molar-refractivity contribution in [2.45, 2.75) is 27.2 Å². The van der Waals surface area contributed by atoms with E-state index in [-0.39, 0.29) is 18.4 Å². The molecule has 0 fully saturated rings. The third-order valence-corrected chi connectivity index (χ3v) is 4.13. The lowest BCUT2D eigenvalue weighted by molar-refractivity contribution is -0.118. The first-order chi connectivity index (χ1) is 11.9. The molecule has 5 nitrogen and oxygen atoms in total. The smallest absolute Gasteiger partial charge is 0.262 e. The van der Waals surface area contributed by atoms with Crippen LogP contribution in [0.2, 0.25) is 5.02 Å². The van der Waals surface area contributed by atoms with Crippen molar-refractivity contribution in [3.8, 4) is 5.75 Å². The SMILES string of the molecule is CCC(=O)Nc1cccc(NC(=O)COc2cc(C)c(Cl)c(C)c2)c1. The molecule has 0 bridgehead atoms. The van der Waals surface area contributed by atoms with Crippen molar-refractivity contribution in [3.05, 3.63) is 52.5 Å². The molecule has 0 unspecified atom stereocenters. The van der Waals surface area contributed by atoms with Crippen LogP contribution in [-0.4, -0.2) is 18.4 Å². The van der Waals surface area contributed by atoms with E-state index in [0.29, 0.717) is 28.6 Å². The van der Waals surface area contributed by atoms with Gasteiger partial charge >= 0.3 is 0 Å². The number of amides is 2. The van der Waals surface area contributed by atoms with E-state index in [1.807, 2.05) is 13.8 Å². The van der Waals surface area contributed by atoms with Crippen molar-refractivity contribution in [3.63, 3.8) is 0 Å². The second-order valence-corrected chi connectivity index (χ2v) is 6.07.